The molecule has 10 nitrogen and oxygen atoms in total. The summed E-state index contributed by atoms with van der Waals surface area (Å²) in [5.41, 5.74) is -0.363. The number of rotatable bonds is 19. The van der Waals surface area contributed by atoms with E-state index in [1.165, 1.54) is 0 Å². The summed E-state index contributed by atoms with van der Waals surface area (Å²) in [6.07, 6.45) is 0. The van der Waals surface area contributed by atoms with Crippen LogP contribution >= 0.6 is 0 Å². The van der Waals surface area contributed by atoms with Gasteiger partial charge in [0.2, 0.25) is 0 Å². The minimum absolute atomic E-state index is 0.0247. The van der Waals surface area contributed by atoms with Crippen molar-refractivity contribution in [3.05, 3.63) is 24.3 Å². The van der Waals surface area contributed by atoms with Crippen LogP contribution in [0, 0.1) is 11.3 Å². The van der Waals surface area contributed by atoms with E-state index in [1.807, 2.05) is 0 Å². The molecule has 0 radical (unpaired) electrons. The van der Waals surface area contributed by atoms with E-state index in [0.717, 1.165) is 0 Å². The lowest BCUT2D eigenvalue weighted by atomic mass is 9.92. The highest BCUT2D eigenvalue weighted by Gasteiger charge is 2.31. The fraction of sp³-hybridized carbons (Fsp3) is 0.696. The zero-order valence-electron chi connectivity index (χ0n) is 20.2. The molecule has 0 aromatic rings. The smallest absolute Gasteiger partial charge is 0.333 e. The van der Waals surface area contributed by atoms with Crippen molar-refractivity contribution in [2.45, 2.75) is 27.7 Å². The van der Waals surface area contributed by atoms with Crippen LogP contribution in [0.5, 0.6) is 0 Å². The molecular formula is C23H38O10. The van der Waals surface area contributed by atoms with Gasteiger partial charge in [0.15, 0.2) is 0 Å². The number of carbonyl (C=O) groups excluding carboxylic acids is 3. The molecule has 0 spiro atoms. The molecule has 190 valence electrons. The third kappa shape index (κ3) is 14.5. The van der Waals surface area contributed by atoms with Gasteiger partial charge in [-0.1, -0.05) is 27.0 Å². The van der Waals surface area contributed by atoms with E-state index < -0.39 is 17.4 Å². The zero-order valence-corrected chi connectivity index (χ0v) is 20.2. The summed E-state index contributed by atoms with van der Waals surface area (Å²) in [6.45, 7) is 13.8. The molecule has 0 aromatic heterocycles. The SMILES string of the molecule is C=C(C)C(=O)OCCOCC(CO)(COCCOC(=O)C(=C)C)COCCOC(=O)C(C)C. The largest absolute Gasteiger partial charge is 0.463 e. The maximum absolute atomic E-state index is 11.5. The maximum Gasteiger partial charge on any atom is 0.333 e. The highest BCUT2D eigenvalue weighted by molar-refractivity contribution is 5.87. The van der Waals surface area contributed by atoms with Gasteiger partial charge in [0, 0.05) is 11.1 Å². The summed E-state index contributed by atoms with van der Waals surface area (Å²) in [6, 6.07) is 0. The average Bonchev–Trinajstić information content (AvgIpc) is 2.76. The summed E-state index contributed by atoms with van der Waals surface area (Å²) in [5.74, 6) is -1.59. The lowest BCUT2D eigenvalue weighted by molar-refractivity contribution is -0.150. The van der Waals surface area contributed by atoms with Crippen LogP contribution in [-0.2, 0) is 42.8 Å². The molecular weight excluding hydrogens is 436 g/mol. The molecule has 10 heteroatoms. The van der Waals surface area contributed by atoms with E-state index in [2.05, 4.69) is 13.2 Å². The summed E-state index contributed by atoms with van der Waals surface area (Å²) in [7, 11) is 0. The van der Waals surface area contributed by atoms with E-state index in [9.17, 15) is 19.5 Å². The van der Waals surface area contributed by atoms with Crippen molar-refractivity contribution < 1.29 is 47.9 Å². The summed E-state index contributed by atoms with van der Waals surface area (Å²) in [5, 5.41) is 10.0. The van der Waals surface area contributed by atoms with Crippen molar-refractivity contribution in [1.29, 1.82) is 0 Å². The van der Waals surface area contributed by atoms with Gasteiger partial charge in [-0.2, -0.15) is 0 Å². The van der Waals surface area contributed by atoms with E-state index in [4.69, 9.17) is 28.4 Å². The number of hydrogen-bond acceptors (Lipinski definition) is 10. The molecule has 0 saturated carbocycles. The Morgan fingerprint density at radius 1 is 0.727 bits per heavy atom. The first kappa shape index (κ1) is 30.7. The van der Waals surface area contributed by atoms with Gasteiger partial charge in [0.05, 0.1) is 57.6 Å². The maximum atomic E-state index is 11.5. The van der Waals surface area contributed by atoms with Crippen molar-refractivity contribution in [3.63, 3.8) is 0 Å². The van der Waals surface area contributed by atoms with Crippen LogP contribution in [-0.4, -0.2) is 89.1 Å². The molecule has 0 saturated heterocycles. The lowest BCUT2D eigenvalue weighted by Gasteiger charge is -2.31. The van der Waals surface area contributed by atoms with Gasteiger partial charge in [-0.25, -0.2) is 9.59 Å². The predicted molar refractivity (Wildman–Crippen MR) is 119 cm³/mol. The monoisotopic (exact) mass is 474 g/mol. The minimum atomic E-state index is -0.932. The van der Waals surface area contributed by atoms with Gasteiger partial charge in [0.1, 0.15) is 19.8 Å². The predicted octanol–water partition coefficient (Wildman–Crippen LogP) is 1.45. The second-order valence-electron chi connectivity index (χ2n) is 7.97. The van der Waals surface area contributed by atoms with E-state index >= 15 is 0 Å². The Bertz CT molecular complexity index is 605. The summed E-state index contributed by atoms with van der Waals surface area (Å²) < 4.78 is 31.7. The molecule has 0 aromatic carbocycles. The molecule has 0 fully saturated rings. The number of esters is 3. The molecule has 1 N–H and O–H groups in total. The summed E-state index contributed by atoms with van der Waals surface area (Å²) >= 11 is 0. The highest BCUT2D eigenvalue weighted by atomic mass is 16.6. The number of carbonyl (C=O) groups is 3. The first-order chi connectivity index (χ1) is 15.5. The Hall–Kier alpha value is -2.27. The standard InChI is InChI=1S/C23H38O10/c1-17(2)20(25)31-10-7-28-14-23(13-24,15-29-8-11-32-21(26)18(3)4)16-30-9-12-33-22(27)19(5)6/h19,24H,1,3,7-16H2,2,4-6H3. The number of aliphatic hydroxyl groups excluding tert-OH is 1. The van der Waals surface area contributed by atoms with Gasteiger partial charge in [0.25, 0.3) is 0 Å². The first-order valence-corrected chi connectivity index (χ1v) is 10.7. The zero-order chi connectivity index (χ0) is 25.3. The van der Waals surface area contributed by atoms with Crippen molar-refractivity contribution in [3.8, 4) is 0 Å². The van der Waals surface area contributed by atoms with Crippen molar-refractivity contribution in [1.82, 2.24) is 0 Å². The lowest BCUT2D eigenvalue weighted by Crippen LogP contribution is -2.41. The molecule has 0 rings (SSSR count). The van der Waals surface area contributed by atoms with Crippen LogP contribution in [0.3, 0.4) is 0 Å². The normalized spacial score (nSPS) is 11.2. The Balaban J connectivity index is 4.62. The Kier molecular flexibility index (Phi) is 16.1. The topological polar surface area (TPSA) is 127 Å². The highest BCUT2D eigenvalue weighted by Crippen LogP contribution is 2.19. The second kappa shape index (κ2) is 17.2. The second-order valence-corrected chi connectivity index (χ2v) is 7.97. The van der Waals surface area contributed by atoms with E-state index in [0.29, 0.717) is 0 Å². The molecule has 33 heavy (non-hydrogen) atoms. The minimum Gasteiger partial charge on any atom is -0.463 e. The van der Waals surface area contributed by atoms with Crippen LogP contribution < -0.4 is 0 Å². The number of hydrogen-bond donors (Lipinski definition) is 1. The van der Waals surface area contributed by atoms with Crippen molar-refractivity contribution >= 4 is 17.9 Å². The Morgan fingerprint density at radius 2 is 1.09 bits per heavy atom. The van der Waals surface area contributed by atoms with E-state index in [1.54, 1.807) is 27.7 Å². The molecule has 0 unspecified atom stereocenters. The van der Waals surface area contributed by atoms with Gasteiger partial charge in [-0.05, 0) is 13.8 Å². The number of ether oxygens (including phenoxy) is 6. The van der Waals surface area contributed by atoms with Gasteiger partial charge < -0.3 is 33.5 Å². The van der Waals surface area contributed by atoms with Crippen molar-refractivity contribution in [2.24, 2.45) is 11.3 Å². The molecule has 0 bridgehead atoms. The molecule has 0 heterocycles. The Labute approximate surface area is 195 Å². The third-order valence-corrected chi connectivity index (χ3v) is 4.12. The third-order valence-electron chi connectivity index (χ3n) is 4.12. The van der Waals surface area contributed by atoms with Crippen LogP contribution in [0.4, 0.5) is 0 Å². The quantitative estimate of drug-likeness (QED) is 0.127. The van der Waals surface area contributed by atoms with Crippen LogP contribution in [0.25, 0.3) is 0 Å². The van der Waals surface area contributed by atoms with Crippen LogP contribution in [0.15, 0.2) is 24.3 Å². The van der Waals surface area contributed by atoms with Gasteiger partial charge >= 0.3 is 17.9 Å². The van der Waals surface area contributed by atoms with Gasteiger partial charge in [-0.15, -0.1) is 0 Å². The number of aliphatic hydroxyl groups is 1. The Morgan fingerprint density at radius 3 is 1.39 bits per heavy atom. The van der Waals surface area contributed by atoms with E-state index in [-0.39, 0.29) is 89.1 Å². The molecule has 0 atom stereocenters. The first-order valence-electron chi connectivity index (χ1n) is 10.7. The summed E-state index contributed by atoms with van der Waals surface area (Å²) in [4.78, 5) is 34.3. The van der Waals surface area contributed by atoms with Crippen LogP contribution in [0.2, 0.25) is 0 Å². The van der Waals surface area contributed by atoms with Crippen LogP contribution in [0.1, 0.15) is 27.7 Å². The fourth-order valence-corrected chi connectivity index (χ4v) is 2.13. The average molecular weight is 475 g/mol. The molecule has 0 aliphatic heterocycles. The molecule has 0 aliphatic carbocycles. The molecule has 0 amide bonds. The van der Waals surface area contributed by atoms with Crippen molar-refractivity contribution in [2.75, 3.05) is 66.1 Å². The molecule has 0 aliphatic rings. The fourth-order valence-electron chi connectivity index (χ4n) is 2.13. The van der Waals surface area contributed by atoms with Gasteiger partial charge in [-0.3, -0.25) is 4.79 Å².